The van der Waals surface area contributed by atoms with Crippen LogP contribution >= 0.6 is 11.8 Å². The molecule has 0 spiro atoms. The molecule has 0 amide bonds. The summed E-state index contributed by atoms with van der Waals surface area (Å²) in [5.74, 6) is 2.78. The molecule has 0 saturated heterocycles. The topological polar surface area (TPSA) is 26.5 Å². The number of ether oxygens (including phenoxy) is 1. The van der Waals surface area contributed by atoms with E-state index in [1.54, 1.807) is 0 Å². The minimum atomic E-state index is 0.230. The summed E-state index contributed by atoms with van der Waals surface area (Å²) in [7, 11) is 0. The highest BCUT2D eigenvalue weighted by Gasteiger charge is 2.22. The maximum atomic E-state index is 5.94. The van der Waals surface area contributed by atoms with Crippen LogP contribution in [-0.2, 0) is 17.0 Å². The smallest absolute Gasteiger partial charge is 0.233 e. The lowest BCUT2D eigenvalue weighted by Gasteiger charge is -2.09. The van der Waals surface area contributed by atoms with Crippen molar-refractivity contribution in [1.82, 2.24) is 4.57 Å². The Kier molecular flexibility index (Phi) is 5.87. The second kappa shape index (κ2) is 8.70. The van der Waals surface area contributed by atoms with Crippen molar-refractivity contribution in [2.24, 2.45) is 4.99 Å². The average molecular weight is 391 g/mol. The van der Waals surface area contributed by atoms with Crippen molar-refractivity contribution in [1.29, 1.82) is 0 Å². The van der Waals surface area contributed by atoms with Gasteiger partial charge in [0.1, 0.15) is 12.3 Å². The van der Waals surface area contributed by atoms with E-state index in [0.717, 1.165) is 29.6 Å². The van der Waals surface area contributed by atoms with Gasteiger partial charge >= 0.3 is 0 Å². The van der Waals surface area contributed by atoms with Crippen LogP contribution in [0.5, 0.6) is 0 Å². The fourth-order valence-corrected chi connectivity index (χ4v) is 4.26. The normalized spacial score (nSPS) is 16.1. The van der Waals surface area contributed by atoms with E-state index in [-0.39, 0.29) is 6.04 Å². The van der Waals surface area contributed by atoms with Gasteiger partial charge in [0.2, 0.25) is 5.90 Å². The zero-order valence-electron chi connectivity index (χ0n) is 16.5. The number of aryl methyl sites for hydroxylation is 2. The molecular formula is C24H26N2OS. The molecule has 1 atom stereocenters. The molecule has 0 fully saturated rings. The van der Waals surface area contributed by atoms with Crippen LogP contribution in [0.2, 0.25) is 0 Å². The second-order valence-corrected chi connectivity index (χ2v) is 8.44. The van der Waals surface area contributed by atoms with Crippen LogP contribution in [0, 0.1) is 13.8 Å². The van der Waals surface area contributed by atoms with Crippen molar-refractivity contribution >= 4 is 17.7 Å². The number of hydrogen-bond donors (Lipinski definition) is 0. The van der Waals surface area contributed by atoms with Crippen molar-refractivity contribution in [3.05, 3.63) is 94.8 Å². The van der Waals surface area contributed by atoms with Gasteiger partial charge in [-0.15, -0.1) is 0 Å². The minimum Gasteiger partial charge on any atom is -0.474 e. The van der Waals surface area contributed by atoms with Crippen LogP contribution in [0.4, 0.5) is 0 Å². The van der Waals surface area contributed by atoms with Crippen LogP contribution in [-0.4, -0.2) is 28.9 Å². The molecule has 1 aromatic heterocycles. The third-order valence-electron chi connectivity index (χ3n) is 4.93. The first kappa shape index (κ1) is 18.9. The van der Waals surface area contributed by atoms with Gasteiger partial charge < -0.3 is 9.30 Å². The fourth-order valence-electron chi connectivity index (χ4n) is 3.27. The molecule has 0 bridgehead atoms. The van der Waals surface area contributed by atoms with E-state index in [0.29, 0.717) is 6.61 Å². The maximum Gasteiger partial charge on any atom is 0.233 e. The molecule has 28 heavy (non-hydrogen) atoms. The van der Waals surface area contributed by atoms with Gasteiger partial charge in [0.05, 0.1) is 6.04 Å². The molecule has 144 valence electrons. The molecule has 4 heteroatoms. The molecule has 1 aliphatic heterocycles. The largest absolute Gasteiger partial charge is 0.474 e. The minimum absolute atomic E-state index is 0.230. The van der Waals surface area contributed by atoms with Gasteiger partial charge in [0, 0.05) is 24.2 Å². The third-order valence-corrected chi connectivity index (χ3v) is 6.09. The highest BCUT2D eigenvalue weighted by atomic mass is 32.2. The number of hydrogen-bond acceptors (Lipinski definition) is 3. The molecule has 3 aromatic rings. The van der Waals surface area contributed by atoms with Gasteiger partial charge in [-0.1, -0.05) is 59.7 Å². The SMILES string of the molecule is Cc1ccc(CSC[C@@H]2COC(c3cccn3Cc3ccc(C)cc3)=N2)cc1. The maximum absolute atomic E-state index is 5.94. The van der Waals surface area contributed by atoms with E-state index in [1.807, 2.05) is 11.8 Å². The first-order valence-electron chi connectivity index (χ1n) is 9.72. The zero-order valence-corrected chi connectivity index (χ0v) is 17.3. The van der Waals surface area contributed by atoms with Gasteiger partial charge in [-0.2, -0.15) is 11.8 Å². The molecule has 1 aliphatic rings. The Bertz CT molecular complexity index is 941. The number of nitrogens with zero attached hydrogens (tertiary/aromatic N) is 2. The van der Waals surface area contributed by atoms with Crippen molar-refractivity contribution in [2.45, 2.75) is 32.2 Å². The molecular weight excluding hydrogens is 364 g/mol. The average Bonchev–Trinajstić information content (AvgIpc) is 3.34. The Morgan fingerprint density at radius 3 is 2.36 bits per heavy atom. The van der Waals surface area contributed by atoms with Crippen LogP contribution in [0.3, 0.4) is 0 Å². The fraction of sp³-hybridized carbons (Fsp3) is 0.292. The summed E-state index contributed by atoms with van der Waals surface area (Å²) in [5.41, 5.74) is 6.30. The Morgan fingerprint density at radius 2 is 1.64 bits per heavy atom. The molecule has 0 unspecified atom stereocenters. The Balaban J connectivity index is 1.35. The van der Waals surface area contributed by atoms with E-state index in [1.165, 1.54) is 22.3 Å². The molecule has 0 N–H and O–H groups in total. The summed E-state index contributed by atoms with van der Waals surface area (Å²) >= 11 is 1.92. The number of rotatable bonds is 7. The summed E-state index contributed by atoms with van der Waals surface area (Å²) in [5, 5.41) is 0. The summed E-state index contributed by atoms with van der Waals surface area (Å²) in [6, 6.07) is 21.8. The zero-order chi connectivity index (χ0) is 19.3. The highest BCUT2D eigenvalue weighted by Crippen LogP contribution is 2.20. The van der Waals surface area contributed by atoms with Crippen molar-refractivity contribution in [3.63, 3.8) is 0 Å². The van der Waals surface area contributed by atoms with Crippen LogP contribution in [0.1, 0.15) is 27.9 Å². The number of benzene rings is 2. The predicted octanol–water partition coefficient (Wildman–Crippen LogP) is 5.23. The quantitative estimate of drug-likeness (QED) is 0.552. The van der Waals surface area contributed by atoms with Crippen LogP contribution in [0.15, 0.2) is 71.9 Å². The van der Waals surface area contributed by atoms with Crippen molar-refractivity contribution in [2.75, 3.05) is 12.4 Å². The molecule has 0 radical (unpaired) electrons. The molecule has 2 aromatic carbocycles. The van der Waals surface area contributed by atoms with Crippen LogP contribution < -0.4 is 0 Å². The lowest BCUT2D eigenvalue weighted by Crippen LogP contribution is -2.11. The number of aromatic nitrogens is 1. The second-order valence-electron chi connectivity index (χ2n) is 7.41. The van der Waals surface area contributed by atoms with Gasteiger partial charge in [-0.25, -0.2) is 4.99 Å². The first-order valence-corrected chi connectivity index (χ1v) is 10.9. The first-order chi connectivity index (χ1) is 13.7. The standard InChI is InChI=1S/C24H26N2OS/c1-18-5-9-20(10-6-18)14-26-13-3-4-23(26)24-25-22(15-27-24)17-28-16-21-11-7-19(2)8-12-21/h3-13,22H,14-17H2,1-2H3/t22-/m0/s1. The molecule has 3 nitrogen and oxygen atoms in total. The Hall–Kier alpha value is -2.46. The van der Waals surface area contributed by atoms with Gasteiger partial charge in [-0.05, 0) is 37.1 Å². The lowest BCUT2D eigenvalue weighted by atomic mass is 10.1. The Morgan fingerprint density at radius 1 is 0.964 bits per heavy atom. The van der Waals surface area contributed by atoms with Gasteiger partial charge in [0.25, 0.3) is 0 Å². The summed E-state index contributed by atoms with van der Waals surface area (Å²) in [4.78, 5) is 4.84. The summed E-state index contributed by atoms with van der Waals surface area (Å²) in [6.07, 6.45) is 2.10. The predicted molar refractivity (Wildman–Crippen MR) is 118 cm³/mol. The van der Waals surface area contributed by atoms with E-state index in [2.05, 4.69) is 85.3 Å². The molecule has 0 saturated carbocycles. The van der Waals surface area contributed by atoms with Crippen molar-refractivity contribution in [3.8, 4) is 0 Å². The number of aliphatic imine (C=N–C) groups is 1. The van der Waals surface area contributed by atoms with Crippen LogP contribution in [0.25, 0.3) is 0 Å². The van der Waals surface area contributed by atoms with Gasteiger partial charge in [-0.3, -0.25) is 0 Å². The summed E-state index contributed by atoms with van der Waals surface area (Å²) < 4.78 is 8.16. The van der Waals surface area contributed by atoms with E-state index in [9.17, 15) is 0 Å². The van der Waals surface area contributed by atoms with E-state index in [4.69, 9.17) is 9.73 Å². The van der Waals surface area contributed by atoms with E-state index >= 15 is 0 Å². The number of thioether (sulfide) groups is 1. The lowest BCUT2D eigenvalue weighted by molar-refractivity contribution is 0.323. The monoisotopic (exact) mass is 390 g/mol. The van der Waals surface area contributed by atoms with Gasteiger partial charge in [0.15, 0.2) is 0 Å². The summed E-state index contributed by atoms with van der Waals surface area (Å²) in [6.45, 7) is 5.74. The van der Waals surface area contributed by atoms with Crippen molar-refractivity contribution < 1.29 is 4.74 Å². The highest BCUT2D eigenvalue weighted by molar-refractivity contribution is 7.98. The molecule has 0 aliphatic carbocycles. The Labute approximate surface area is 171 Å². The third kappa shape index (κ3) is 4.68. The van der Waals surface area contributed by atoms with E-state index < -0.39 is 0 Å². The molecule has 4 rings (SSSR count). The molecule has 2 heterocycles.